The number of benzene rings is 1. The van der Waals surface area contributed by atoms with Gasteiger partial charge in [0.15, 0.2) is 0 Å². The van der Waals surface area contributed by atoms with Gasteiger partial charge in [-0.25, -0.2) is 0 Å². The fraction of sp³-hybridized carbons (Fsp3) is 0.391. The Labute approximate surface area is 184 Å². The van der Waals surface area contributed by atoms with Crippen LogP contribution >= 0.6 is 11.3 Å². The minimum absolute atomic E-state index is 0.00764. The van der Waals surface area contributed by atoms with Crippen molar-refractivity contribution in [3.05, 3.63) is 53.2 Å². The standard InChI is InChI=1S/C23H24N4O3S/c1-15-6-8-18(9-7-15)27-14-17(12-20(27)28)23(29)26-10-2-4-16(13-26)21-24-25-22(30-21)19-5-3-11-31-19/h3,5-9,11,16-17H,2,4,10,12-14H2,1H3. The van der Waals surface area contributed by atoms with Crippen molar-refractivity contribution in [2.24, 2.45) is 5.92 Å². The third-order valence-electron chi connectivity index (χ3n) is 6.07. The number of amides is 2. The maximum absolute atomic E-state index is 13.2. The van der Waals surface area contributed by atoms with E-state index in [0.29, 0.717) is 31.4 Å². The third kappa shape index (κ3) is 3.99. The van der Waals surface area contributed by atoms with Crippen molar-refractivity contribution in [1.29, 1.82) is 0 Å². The average molecular weight is 437 g/mol. The molecule has 160 valence electrons. The van der Waals surface area contributed by atoms with Crippen molar-refractivity contribution in [1.82, 2.24) is 15.1 Å². The SMILES string of the molecule is Cc1ccc(N2CC(C(=O)N3CCCC(c4nnc(-c5cccs5)o4)C3)CC2=O)cc1. The van der Waals surface area contributed by atoms with Crippen LogP contribution in [-0.2, 0) is 9.59 Å². The Bertz CT molecular complexity index is 1080. The summed E-state index contributed by atoms with van der Waals surface area (Å²) in [5, 5.41) is 10.4. The Morgan fingerprint density at radius 1 is 1.16 bits per heavy atom. The summed E-state index contributed by atoms with van der Waals surface area (Å²) in [7, 11) is 0. The van der Waals surface area contributed by atoms with E-state index in [-0.39, 0.29) is 30.1 Å². The first-order valence-corrected chi connectivity index (χ1v) is 11.5. The summed E-state index contributed by atoms with van der Waals surface area (Å²) in [5.41, 5.74) is 2.00. The van der Waals surface area contributed by atoms with Gasteiger partial charge < -0.3 is 14.2 Å². The second kappa shape index (κ2) is 8.26. The first-order chi connectivity index (χ1) is 15.1. The largest absolute Gasteiger partial charge is 0.420 e. The minimum atomic E-state index is -0.308. The molecule has 5 rings (SSSR count). The van der Waals surface area contributed by atoms with Gasteiger partial charge in [-0.3, -0.25) is 9.59 Å². The topological polar surface area (TPSA) is 79.5 Å². The summed E-state index contributed by atoms with van der Waals surface area (Å²) in [6.45, 7) is 3.71. The molecule has 31 heavy (non-hydrogen) atoms. The van der Waals surface area contributed by atoms with E-state index in [0.717, 1.165) is 29.0 Å². The molecule has 0 radical (unpaired) electrons. The van der Waals surface area contributed by atoms with Crippen LogP contribution < -0.4 is 4.90 Å². The Hall–Kier alpha value is -3.00. The maximum Gasteiger partial charge on any atom is 0.257 e. The van der Waals surface area contributed by atoms with Crippen LogP contribution in [0.5, 0.6) is 0 Å². The molecule has 2 aliphatic heterocycles. The lowest BCUT2D eigenvalue weighted by molar-refractivity contribution is -0.137. The van der Waals surface area contributed by atoms with Crippen molar-refractivity contribution in [3.8, 4) is 10.8 Å². The van der Waals surface area contributed by atoms with Gasteiger partial charge in [0, 0.05) is 31.7 Å². The van der Waals surface area contributed by atoms with Gasteiger partial charge in [-0.2, -0.15) is 0 Å². The molecule has 2 saturated heterocycles. The van der Waals surface area contributed by atoms with E-state index in [4.69, 9.17) is 4.42 Å². The maximum atomic E-state index is 13.2. The van der Waals surface area contributed by atoms with Gasteiger partial charge >= 0.3 is 0 Å². The van der Waals surface area contributed by atoms with E-state index in [2.05, 4.69) is 10.2 Å². The van der Waals surface area contributed by atoms with E-state index >= 15 is 0 Å². The molecule has 0 saturated carbocycles. The predicted octanol–water partition coefficient (Wildman–Crippen LogP) is 3.87. The molecule has 2 atom stereocenters. The fourth-order valence-electron chi connectivity index (χ4n) is 4.38. The highest BCUT2D eigenvalue weighted by Crippen LogP contribution is 2.32. The van der Waals surface area contributed by atoms with Gasteiger partial charge in [0.1, 0.15) is 0 Å². The molecule has 2 amide bonds. The van der Waals surface area contributed by atoms with Crippen LogP contribution in [0.2, 0.25) is 0 Å². The number of anilines is 1. The van der Waals surface area contributed by atoms with Crippen molar-refractivity contribution >= 4 is 28.8 Å². The predicted molar refractivity (Wildman–Crippen MR) is 118 cm³/mol. The Morgan fingerprint density at radius 3 is 2.77 bits per heavy atom. The molecular weight excluding hydrogens is 412 g/mol. The first-order valence-electron chi connectivity index (χ1n) is 10.6. The van der Waals surface area contributed by atoms with Gasteiger partial charge in [-0.15, -0.1) is 21.5 Å². The number of carbonyl (C=O) groups is 2. The van der Waals surface area contributed by atoms with E-state index in [1.165, 1.54) is 0 Å². The number of aromatic nitrogens is 2. The summed E-state index contributed by atoms with van der Waals surface area (Å²) < 4.78 is 5.91. The summed E-state index contributed by atoms with van der Waals surface area (Å²) >= 11 is 1.56. The van der Waals surface area contributed by atoms with E-state index in [1.807, 2.05) is 53.6 Å². The quantitative estimate of drug-likeness (QED) is 0.620. The van der Waals surface area contributed by atoms with Crippen LogP contribution in [0.1, 0.15) is 36.6 Å². The zero-order valence-electron chi connectivity index (χ0n) is 17.4. The highest BCUT2D eigenvalue weighted by Gasteiger charge is 2.39. The molecule has 0 spiro atoms. The minimum Gasteiger partial charge on any atom is -0.420 e. The third-order valence-corrected chi connectivity index (χ3v) is 6.93. The lowest BCUT2D eigenvalue weighted by Crippen LogP contribution is -2.43. The molecule has 0 N–H and O–H groups in total. The summed E-state index contributed by atoms with van der Waals surface area (Å²) in [5.74, 6) is 0.897. The molecule has 0 aliphatic carbocycles. The normalized spacial score (nSPS) is 21.6. The molecule has 0 bridgehead atoms. The summed E-state index contributed by atoms with van der Waals surface area (Å²) in [6, 6.07) is 11.8. The van der Waals surface area contributed by atoms with Crippen molar-refractivity contribution in [2.75, 3.05) is 24.5 Å². The zero-order valence-corrected chi connectivity index (χ0v) is 18.2. The van der Waals surface area contributed by atoms with Gasteiger partial charge in [-0.1, -0.05) is 23.8 Å². The molecule has 7 nitrogen and oxygen atoms in total. The monoisotopic (exact) mass is 436 g/mol. The van der Waals surface area contributed by atoms with Crippen LogP contribution in [0.25, 0.3) is 10.8 Å². The van der Waals surface area contributed by atoms with E-state index in [9.17, 15) is 9.59 Å². The highest BCUT2D eigenvalue weighted by atomic mass is 32.1. The molecular formula is C23H24N4O3S. The first kappa shape index (κ1) is 19.9. The van der Waals surface area contributed by atoms with Gasteiger partial charge in [0.05, 0.1) is 16.7 Å². The molecule has 2 fully saturated rings. The van der Waals surface area contributed by atoms with Crippen LogP contribution in [-0.4, -0.2) is 46.5 Å². The smallest absolute Gasteiger partial charge is 0.257 e. The van der Waals surface area contributed by atoms with E-state index < -0.39 is 0 Å². The number of thiophene rings is 1. The number of hydrogen-bond acceptors (Lipinski definition) is 6. The number of aryl methyl sites for hydroxylation is 1. The molecule has 2 aliphatic rings. The van der Waals surface area contributed by atoms with Crippen LogP contribution in [0, 0.1) is 12.8 Å². The fourth-order valence-corrected chi connectivity index (χ4v) is 5.03. The highest BCUT2D eigenvalue weighted by molar-refractivity contribution is 7.13. The zero-order chi connectivity index (χ0) is 21.4. The average Bonchev–Trinajstić information content (AvgIpc) is 3.54. The Kier molecular flexibility index (Phi) is 5.31. The van der Waals surface area contributed by atoms with Crippen molar-refractivity contribution < 1.29 is 14.0 Å². The molecule has 4 heterocycles. The van der Waals surface area contributed by atoms with Gasteiger partial charge in [-0.05, 0) is 43.3 Å². The molecule has 2 aromatic heterocycles. The van der Waals surface area contributed by atoms with Crippen LogP contribution in [0.15, 0.2) is 46.2 Å². The van der Waals surface area contributed by atoms with Gasteiger partial charge in [0.25, 0.3) is 5.89 Å². The summed E-state index contributed by atoms with van der Waals surface area (Å²) in [6.07, 6.45) is 2.06. The molecule has 8 heteroatoms. The Morgan fingerprint density at radius 2 is 2.00 bits per heavy atom. The lowest BCUT2D eigenvalue weighted by atomic mass is 9.96. The van der Waals surface area contributed by atoms with Crippen molar-refractivity contribution in [3.63, 3.8) is 0 Å². The Balaban J connectivity index is 1.26. The number of piperidine rings is 1. The van der Waals surface area contributed by atoms with Crippen molar-refractivity contribution in [2.45, 2.75) is 32.1 Å². The second-order valence-electron chi connectivity index (χ2n) is 8.29. The number of rotatable bonds is 4. The number of hydrogen-bond donors (Lipinski definition) is 0. The number of nitrogens with zero attached hydrogens (tertiary/aromatic N) is 4. The molecule has 3 aromatic rings. The number of likely N-dealkylation sites (tertiary alicyclic amines) is 1. The second-order valence-corrected chi connectivity index (χ2v) is 9.23. The summed E-state index contributed by atoms with van der Waals surface area (Å²) in [4.78, 5) is 30.4. The van der Waals surface area contributed by atoms with Crippen LogP contribution in [0.4, 0.5) is 5.69 Å². The van der Waals surface area contributed by atoms with E-state index in [1.54, 1.807) is 16.2 Å². The molecule has 1 aromatic carbocycles. The molecule has 2 unspecified atom stereocenters. The van der Waals surface area contributed by atoms with Gasteiger partial charge in [0.2, 0.25) is 17.7 Å². The lowest BCUT2D eigenvalue weighted by Gasteiger charge is -2.32. The van der Waals surface area contributed by atoms with Crippen LogP contribution in [0.3, 0.4) is 0 Å². The number of carbonyl (C=O) groups excluding carboxylic acids is 2.